The van der Waals surface area contributed by atoms with E-state index in [9.17, 15) is 13.5 Å². The van der Waals surface area contributed by atoms with E-state index in [1.165, 1.54) is 6.26 Å². The first-order valence-corrected chi connectivity index (χ1v) is 10.0. The highest BCUT2D eigenvalue weighted by Crippen LogP contribution is 2.09. The Morgan fingerprint density at radius 1 is 1.33 bits per heavy atom. The van der Waals surface area contributed by atoms with Crippen molar-refractivity contribution in [2.75, 3.05) is 64.5 Å². The standard InChI is InChI=1S/C14H30N4O4S.HI/c1-4-15-13(16-5-10-23(3,20)21)17-11-14(2,19)12-18-6-8-22-9-7-18;/h19H,4-12H2,1-3H3,(H2,15,16,17);1H. The first-order chi connectivity index (χ1) is 10.7. The molecule has 0 saturated carbocycles. The van der Waals surface area contributed by atoms with Gasteiger partial charge in [0.05, 0.1) is 31.1 Å². The Labute approximate surface area is 162 Å². The SMILES string of the molecule is CCNC(=NCC(C)(O)CN1CCOCC1)NCCS(C)(=O)=O.I. The van der Waals surface area contributed by atoms with Gasteiger partial charge >= 0.3 is 0 Å². The molecule has 0 bridgehead atoms. The lowest BCUT2D eigenvalue weighted by atomic mass is 10.1. The fraction of sp³-hybridized carbons (Fsp3) is 0.929. The molecular formula is C14H31IN4O4S. The Balaban J connectivity index is 0.00000529. The molecule has 1 aliphatic heterocycles. The second-order valence-corrected chi connectivity index (χ2v) is 8.40. The lowest BCUT2D eigenvalue weighted by Gasteiger charge is -2.33. The average Bonchev–Trinajstić information content (AvgIpc) is 2.44. The summed E-state index contributed by atoms with van der Waals surface area (Å²) in [4.78, 5) is 6.52. The number of nitrogens with one attached hydrogen (secondary N) is 2. The van der Waals surface area contributed by atoms with Gasteiger partial charge in [-0.05, 0) is 13.8 Å². The van der Waals surface area contributed by atoms with Crippen molar-refractivity contribution < 1.29 is 18.3 Å². The fourth-order valence-corrected chi connectivity index (χ4v) is 2.71. The molecule has 1 atom stereocenters. The van der Waals surface area contributed by atoms with E-state index in [0.29, 0.717) is 32.3 Å². The van der Waals surface area contributed by atoms with Crippen LogP contribution in [0.3, 0.4) is 0 Å². The monoisotopic (exact) mass is 478 g/mol. The molecule has 144 valence electrons. The number of rotatable bonds is 8. The predicted molar refractivity (Wildman–Crippen MR) is 107 cm³/mol. The second-order valence-electron chi connectivity index (χ2n) is 6.14. The maximum atomic E-state index is 11.2. The molecule has 1 unspecified atom stereocenters. The summed E-state index contributed by atoms with van der Waals surface area (Å²) in [7, 11) is -3.01. The third-order valence-corrected chi connectivity index (χ3v) is 4.30. The predicted octanol–water partition coefficient (Wildman–Crippen LogP) is -0.713. The first kappa shape index (κ1) is 23.8. The molecular weight excluding hydrogens is 447 g/mol. The molecule has 0 spiro atoms. The summed E-state index contributed by atoms with van der Waals surface area (Å²) in [6, 6.07) is 0. The fourth-order valence-electron chi connectivity index (χ4n) is 2.24. The number of hydrogen-bond acceptors (Lipinski definition) is 6. The van der Waals surface area contributed by atoms with Crippen LogP contribution in [0.15, 0.2) is 4.99 Å². The van der Waals surface area contributed by atoms with Gasteiger partial charge in [-0.25, -0.2) is 8.42 Å². The number of morpholine rings is 1. The molecule has 3 N–H and O–H groups in total. The van der Waals surface area contributed by atoms with Crippen LogP contribution in [-0.4, -0.2) is 94.5 Å². The molecule has 0 aromatic heterocycles. The van der Waals surface area contributed by atoms with E-state index in [4.69, 9.17) is 4.74 Å². The highest BCUT2D eigenvalue weighted by molar-refractivity contribution is 14.0. The van der Waals surface area contributed by atoms with Gasteiger partial charge in [0, 0.05) is 39.0 Å². The van der Waals surface area contributed by atoms with Gasteiger partial charge in [-0.3, -0.25) is 9.89 Å². The van der Waals surface area contributed by atoms with Gasteiger partial charge in [0.15, 0.2) is 5.96 Å². The summed E-state index contributed by atoms with van der Waals surface area (Å²) < 4.78 is 27.6. The number of aliphatic imine (C=N–C) groups is 1. The quantitative estimate of drug-likeness (QED) is 0.241. The summed E-state index contributed by atoms with van der Waals surface area (Å²) in [6.07, 6.45) is 1.20. The van der Waals surface area contributed by atoms with Gasteiger partial charge in [-0.2, -0.15) is 0 Å². The summed E-state index contributed by atoms with van der Waals surface area (Å²) in [6.45, 7) is 8.41. The molecule has 1 aliphatic rings. The van der Waals surface area contributed by atoms with Gasteiger partial charge in [-0.15, -0.1) is 24.0 Å². The van der Waals surface area contributed by atoms with Crippen LogP contribution in [0.2, 0.25) is 0 Å². The van der Waals surface area contributed by atoms with E-state index >= 15 is 0 Å². The van der Waals surface area contributed by atoms with Crippen LogP contribution < -0.4 is 10.6 Å². The molecule has 1 saturated heterocycles. The van der Waals surface area contributed by atoms with Gasteiger partial charge < -0.3 is 20.5 Å². The van der Waals surface area contributed by atoms with Crippen molar-refractivity contribution in [1.29, 1.82) is 0 Å². The first-order valence-electron chi connectivity index (χ1n) is 7.94. The zero-order valence-electron chi connectivity index (χ0n) is 14.7. The molecule has 1 heterocycles. The maximum Gasteiger partial charge on any atom is 0.191 e. The minimum atomic E-state index is -3.01. The maximum absolute atomic E-state index is 11.2. The van der Waals surface area contributed by atoms with E-state index in [-0.39, 0.29) is 42.8 Å². The topological polar surface area (TPSA) is 103 Å². The number of nitrogens with zero attached hydrogens (tertiary/aromatic N) is 2. The number of β-amino-alcohol motifs (C(OH)–C–C–N with tert-alkyl or cyclic N) is 1. The lowest BCUT2D eigenvalue weighted by molar-refractivity contribution is -0.0179. The van der Waals surface area contributed by atoms with E-state index < -0.39 is 15.4 Å². The number of ether oxygens (including phenoxy) is 1. The number of guanidine groups is 1. The average molecular weight is 478 g/mol. The highest BCUT2D eigenvalue weighted by atomic mass is 127. The Morgan fingerprint density at radius 2 is 1.96 bits per heavy atom. The van der Waals surface area contributed by atoms with Crippen molar-refractivity contribution in [2.24, 2.45) is 4.99 Å². The van der Waals surface area contributed by atoms with Gasteiger partial charge in [0.2, 0.25) is 0 Å². The lowest BCUT2D eigenvalue weighted by Crippen LogP contribution is -2.48. The summed E-state index contributed by atoms with van der Waals surface area (Å²) >= 11 is 0. The third kappa shape index (κ3) is 11.4. The Hall–Kier alpha value is -0.170. The van der Waals surface area contributed by atoms with Gasteiger partial charge in [0.1, 0.15) is 9.84 Å². The number of aliphatic hydroxyl groups is 1. The van der Waals surface area contributed by atoms with Crippen molar-refractivity contribution in [3.63, 3.8) is 0 Å². The van der Waals surface area contributed by atoms with Crippen LogP contribution in [0.25, 0.3) is 0 Å². The van der Waals surface area contributed by atoms with Gasteiger partial charge in [0.25, 0.3) is 0 Å². The minimum Gasteiger partial charge on any atom is -0.387 e. The molecule has 0 aliphatic carbocycles. The zero-order valence-corrected chi connectivity index (χ0v) is 17.9. The van der Waals surface area contributed by atoms with Crippen LogP contribution in [0.5, 0.6) is 0 Å². The largest absolute Gasteiger partial charge is 0.387 e. The van der Waals surface area contributed by atoms with Crippen molar-refractivity contribution in [3.8, 4) is 0 Å². The highest BCUT2D eigenvalue weighted by Gasteiger charge is 2.25. The van der Waals surface area contributed by atoms with Crippen molar-refractivity contribution in [2.45, 2.75) is 19.4 Å². The molecule has 10 heteroatoms. The summed E-state index contributed by atoms with van der Waals surface area (Å²) in [5.41, 5.74) is -0.948. The van der Waals surface area contributed by atoms with Crippen molar-refractivity contribution in [3.05, 3.63) is 0 Å². The molecule has 0 aromatic carbocycles. The molecule has 24 heavy (non-hydrogen) atoms. The van der Waals surface area contributed by atoms with Crippen LogP contribution in [0.4, 0.5) is 0 Å². The third-order valence-electron chi connectivity index (χ3n) is 3.36. The Bertz CT molecular complexity index is 479. The van der Waals surface area contributed by atoms with Crippen LogP contribution in [0, 0.1) is 0 Å². The number of hydrogen-bond donors (Lipinski definition) is 3. The molecule has 1 fully saturated rings. The van der Waals surface area contributed by atoms with E-state index in [2.05, 4.69) is 20.5 Å². The smallest absolute Gasteiger partial charge is 0.191 e. The second kappa shape index (κ2) is 11.4. The van der Waals surface area contributed by atoms with E-state index in [1.807, 2.05) is 6.92 Å². The van der Waals surface area contributed by atoms with Gasteiger partial charge in [-0.1, -0.05) is 0 Å². The molecule has 1 rings (SSSR count). The summed E-state index contributed by atoms with van der Waals surface area (Å²) in [5, 5.41) is 16.5. The van der Waals surface area contributed by atoms with E-state index in [0.717, 1.165) is 13.1 Å². The Kier molecular flexibility index (Phi) is 11.4. The van der Waals surface area contributed by atoms with Crippen molar-refractivity contribution in [1.82, 2.24) is 15.5 Å². The van der Waals surface area contributed by atoms with Crippen LogP contribution in [0.1, 0.15) is 13.8 Å². The molecule has 0 radical (unpaired) electrons. The molecule has 8 nitrogen and oxygen atoms in total. The van der Waals surface area contributed by atoms with E-state index in [1.54, 1.807) is 6.92 Å². The van der Waals surface area contributed by atoms with Crippen LogP contribution in [-0.2, 0) is 14.6 Å². The van der Waals surface area contributed by atoms with Crippen molar-refractivity contribution >= 4 is 39.8 Å². The minimum absolute atomic E-state index is 0. The Morgan fingerprint density at radius 3 is 2.50 bits per heavy atom. The molecule has 0 aromatic rings. The normalized spacial score (nSPS) is 19.2. The zero-order chi connectivity index (χ0) is 17.3. The summed E-state index contributed by atoms with van der Waals surface area (Å²) in [5.74, 6) is 0.556. The molecule has 0 amide bonds. The van der Waals surface area contributed by atoms with Crippen LogP contribution >= 0.6 is 24.0 Å². The number of sulfone groups is 1. The number of halogens is 1.